The minimum absolute atomic E-state index is 0.0341. The maximum atomic E-state index is 11.9. The lowest BCUT2D eigenvalue weighted by Crippen LogP contribution is -2.48. The van der Waals surface area contributed by atoms with Crippen LogP contribution in [-0.4, -0.2) is 65.4 Å². The molecule has 1 aliphatic rings. The van der Waals surface area contributed by atoms with E-state index in [2.05, 4.69) is 0 Å². The van der Waals surface area contributed by atoms with Gasteiger partial charge in [0.1, 0.15) is 13.1 Å². The molecule has 0 radical (unpaired) electrons. The van der Waals surface area contributed by atoms with Crippen LogP contribution in [0.25, 0.3) is 0 Å². The zero-order valence-electron chi connectivity index (χ0n) is 12.8. The number of hydrogen-bond donors (Lipinski definition) is 2. The third kappa shape index (κ3) is 5.21. The maximum absolute atomic E-state index is 11.9. The van der Waals surface area contributed by atoms with Gasteiger partial charge in [0.2, 0.25) is 5.91 Å². The highest BCUT2D eigenvalue weighted by Gasteiger charge is 2.45. The molecule has 134 valence electrons. The van der Waals surface area contributed by atoms with Gasteiger partial charge >= 0.3 is 30.1 Å². The Bertz CT molecular complexity index is 576. The van der Waals surface area contributed by atoms with Crippen molar-refractivity contribution in [2.45, 2.75) is 20.0 Å². The minimum Gasteiger partial charge on any atom is -0.329 e. The van der Waals surface area contributed by atoms with Crippen molar-refractivity contribution in [3.05, 3.63) is 0 Å². The fourth-order valence-corrected chi connectivity index (χ4v) is 1.75. The number of amides is 7. The molecule has 7 amide bonds. The second-order valence-corrected chi connectivity index (χ2v) is 5.33. The molecular weight excluding hydrogens is 337 g/mol. The van der Waals surface area contributed by atoms with E-state index in [1.165, 1.54) is 10.6 Å². The SMILES string of the molecule is CC(C)CN1C(=O)C(=O)N(CC(=O)NC(=O)NCC(F)(F)F)C1=O. The van der Waals surface area contributed by atoms with Crippen LogP contribution in [0.1, 0.15) is 13.8 Å². The van der Waals surface area contributed by atoms with Crippen molar-refractivity contribution in [2.24, 2.45) is 5.92 Å². The smallest absolute Gasteiger partial charge is 0.329 e. The van der Waals surface area contributed by atoms with E-state index < -0.39 is 49.0 Å². The Morgan fingerprint density at radius 3 is 2.12 bits per heavy atom. The first-order valence-corrected chi connectivity index (χ1v) is 6.74. The van der Waals surface area contributed by atoms with Crippen LogP contribution in [0, 0.1) is 5.92 Å². The summed E-state index contributed by atoms with van der Waals surface area (Å²) in [6.45, 7) is 0.746. The Hall–Kier alpha value is -2.66. The maximum Gasteiger partial charge on any atom is 0.405 e. The molecule has 0 aromatic rings. The lowest BCUT2D eigenvalue weighted by molar-refractivity contribution is -0.144. The zero-order chi connectivity index (χ0) is 18.7. The number of halogens is 3. The summed E-state index contributed by atoms with van der Waals surface area (Å²) in [7, 11) is 0. The largest absolute Gasteiger partial charge is 0.405 e. The van der Waals surface area contributed by atoms with Gasteiger partial charge in [-0.25, -0.2) is 14.5 Å². The van der Waals surface area contributed by atoms with E-state index in [1.807, 2.05) is 0 Å². The van der Waals surface area contributed by atoms with Crippen molar-refractivity contribution in [2.75, 3.05) is 19.6 Å². The van der Waals surface area contributed by atoms with Gasteiger partial charge in [-0.15, -0.1) is 0 Å². The van der Waals surface area contributed by atoms with Crippen molar-refractivity contribution in [3.8, 4) is 0 Å². The summed E-state index contributed by atoms with van der Waals surface area (Å²) in [5, 5.41) is 2.91. The predicted octanol–water partition coefficient (Wildman–Crippen LogP) is -0.179. The molecule has 2 N–H and O–H groups in total. The van der Waals surface area contributed by atoms with E-state index in [9.17, 15) is 37.1 Å². The summed E-state index contributed by atoms with van der Waals surface area (Å²) >= 11 is 0. The zero-order valence-corrected chi connectivity index (χ0v) is 12.8. The van der Waals surface area contributed by atoms with Crippen molar-refractivity contribution in [1.29, 1.82) is 0 Å². The summed E-state index contributed by atoms with van der Waals surface area (Å²) in [6.07, 6.45) is -4.66. The minimum atomic E-state index is -4.66. The molecule has 0 bridgehead atoms. The molecule has 0 spiro atoms. The second-order valence-electron chi connectivity index (χ2n) is 5.33. The molecule has 9 nitrogen and oxygen atoms in total. The average Bonchev–Trinajstić information content (AvgIpc) is 2.62. The van der Waals surface area contributed by atoms with Crippen LogP contribution >= 0.6 is 0 Å². The average molecular weight is 352 g/mol. The Kier molecular flexibility index (Phi) is 5.88. The molecule has 24 heavy (non-hydrogen) atoms. The molecule has 1 aliphatic heterocycles. The number of nitrogens with zero attached hydrogens (tertiary/aromatic N) is 2. The number of alkyl halides is 3. The van der Waals surface area contributed by atoms with Gasteiger partial charge in [-0.3, -0.25) is 24.6 Å². The van der Waals surface area contributed by atoms with Crippen LogP contribution < -0.4 is 10.6 Å². The fraction of sp³-hybridized carbons (Fsp3) is 0.583. The third-order valence-electron chi connectivity index (χ3n) is 2.69. The molecule has 0 aromatic heterocycles. The molecule has 0 atom stereocenters. The number of carbonyl (C=O) groups excluding carboxylic acids is 5. The van der Waals surface area contributed by atoms with Gasteiger partial charge in [-0.05, 0) is 5.92 Å². The molecular formula is C12H15F3N4O5. The van der Waals surface area contributed by atoms with Gasteiger partial charge in [0.05, 0.1) is 0 Å². The van der Waals surface area contributed by atoms with Crippen LogP contribution in [0.4, 0.5) is 22.8 Å². The number of urea groups is 2. The van der Waals surface area contributed by atoms with Gasteiger partial charge < -0.3 is 5.32 Å². The van der Waals surface area contributed by atoms with Crippen LogP contribution in [0.5, 0.6) is 0 Å². The van der Waals surface area contributed by atoms with Gasteiger partial charge in [-0.1, -0.05) is 13.8 Å². The number of imide groups is 3. The molecule has 12 heteroatoms. The van der Waals surface area contributed by atoms with Crippen molar-refractivity contribution < 1.29 is 37.1 Å². The van der Waals surface area contributed by atoms with E-state index in [-0.39, 0.29) is 12.5 Å². The number of nitrogens with one attached hydrogen (secondary N) is 2. The number of rotatable bonds is 5. The number of carbonyl (C=O) groups is 5. The second kappa shape index (κ2) is 7.27. The monoisotopic (exact) mass is 352 g/mol. The van der Waals surface area contributed by atoms with Gasteiger partial charge in [-0.2, -0.15) is 13.2 Å². The van der Waals surface area contributed by atoms with E-state index in [0.29, 0.717) is 9.80 Å². The van der Waals surface area contributed by atoms with E-state index in [4.69, 9.17) is 0 Å². The first-order chi connectivity index (χ1) is 10.9. The van der Waals surface area contributed by atoms with Crippen LogP contribution in [-0.2, 0) is 14.4 Å². The standard InChI is InChI=1S/C12H15F3N4O5/c1-6(2)3-18-8(21)9(22)19(11(18)24)4-7(20)17-10(23)16-5-12(13,14)15/h6H,3-5H2,1-2H3,(H2,16,17,20,23). The normalized spacial score (nSPS) is 15.3. The van der Waals surface area contributed by atoms with E-state index >= 15 is 0 Å². The Morgan fingerprint density at radius 1 is 1.08 bits per heavy atom. The molecule has 0 unspecified atom stereocenters. The van der Waals surface area contributed by atoms with E-state index in [1.54, 1.807) is 13.8 Å². The lowest BCUT2D eigenvalue weighted by atomic mass is 10.2. The molecule has 0 aliphatic carbocycles. The third-order valence-corrected chi connectivity index (χ3v) is 2.69. The summed E-state index contributed by atoms with van der Waals surface area (Å²) < 4.78 is 35.7. The predicted molar refractivity (Wildman–Crippen MR) is 71.3 cm³/mol. The first-order valence-electron chi connectivity index (χ1n) is 6.74. The van der Waals surface area contributed by atoms with Gasteiger partial charge in [0, 0.05) is 6.54 Å². The van der Waals surface area contributed by atoms with Crippen LogP contribution in [0.15, 0.2) is 0 Å². The molecule has 0 aromatic carbocycles. The van der Waals surface area contributed by atoms with Crippen LogP contribution in [0.3, 0.4) is 0 Å². The summed E-state index contributed by atoms with van der Waals surface area (Å²) in [5.74, 6) is -3.68. The fourth-order valence-electron chi connectivity index (χ4n) is 1.75. The molecule has 1 rings (SSSR count). The van der Waals surface area contributed by atoms with Gasteiger partial charge in [0.25, 0.3) is 0 Å². The molecule has 1 saturated heterocycles. The van der Waals surface area contributed by atoms with E-state index in [0.717, 1.165) is 0 Å². The van der Waals surface area contributed by atoms with Crippen molar-refractivity contribution in [1.82, 2.24) is 20.4 Å². The van der Waals surface area contributed by atoms with Crippen LogP contribution in [0.2, 0.25) is 0 Å². The van der Waals surface area contributed by atoms with Gasteiger partial charge in [0.15, 0.2) is 0 Å². The van der Waals surface area contributed by atoms with Crippen molar-refractivity contribution in [3.63, 3.8) is 0 Å². The molecule has 0 saturated carbocycles. The Labute approximate surface area is 134 Å². The summed E-state index contributed by atoms with van der Waals surface area (Å²) in [6, 6.07) is -2.47. The quantitative estimate of drug-likeness (QED) is 0.526. The number of hydrogen-bond acceptors (Lipinski definition) is 5. The topological polar surface area (TPSA) is 116 Å². The highest BCUT2D eigenvalue weighted by atomic mass is 19.4. The first kappa shape index (κ1) is 19.4. The Balaban J connectivity index is 2.60. The Morgan fingerprint density at radius 2 is 1.62 bits per heavy atom. The lowest BCUT2D eigenvalue weighted by Gasteiger charge is -2.16. The highest BCUT2D eigenvalue weighted by Crippen LogP contribution is 2.14. The summed E-state index contributed by atoms with van der Waals surface area (Å²) in [5.41, 5.74) is 0. The molecule has 1 fully saturated rings. The van der Waals surface area contributed by atoms with Crippen molar-refractivity contribution >= 4 is 29.8 Å². The summed E-state index contributed by atoms with van der Waals surface area (Å²) in [4.78, 5) is 58.9. The molecule has 1 heterocycles. The highest BCUT2D eigenvalue weighted by molar-refractivity contribution is 6.45.